The van der Waals surface area contributed by atoms with Crippen LogP contribution in [0.5, 0.6) is 0 Å². The van der Waals surface area contributed by atoms with Crippen LogP contribution in [-0.2, 0) is 4.79 Å². The second-order valence-corrected chi connectivity index (χ2v) is 3.35. The Morgan fingerprint density at radius 1 is 1.40 bits per heavy atom. The van der Waals surface area contributed by atoms with Gasteiger partial charge in [-0.2, -0.15) is 0 Å². The third-order valence-electron chi connectivity index (χ3n) is 2.08. The van der Waals surface area contributed by atoms with Crippen molar-refractivity contribution < 1.29 is 19.8 Å². The Bertz CT molecular complexity index is 269. The summed E-state index contributed by atoms with van der Waals surface area (Å²) in [5.41, 5.74) is 0. The summed E-state index contributed by atoms with van der Waals surface area (Å²) in [5.74, 6) is -1.35. The molecule has 15 heavy (non-hydrogen) atoms. The maximum absolute atomic E-state index is 11.2. The predicted octanol–water partition coefficient (Wildman–Crippen LogP) is -0.550. The molecule has 1 aliphatic carbocycles. The summed E-state index contributed by atoms with van der Waals surface area (Å²) in [6.45, 7) is -0.290. The van der Waals surface area contributed by atoms with E-state index in [1.165, 1.54) is 0 Å². The van der Waals surface area contributed by atoms with Crippen LogP contribution in [0.1, 0.15) is 12.8 Å². The molecule has 0 aliphatic heterocycles. The minimum absolute atomic E-state index is 0.0759. The molecular weight excluding hydrogens is 200 g/mol. The fourth-order valence-corrected chi connectivity index (χ4v) is 1.25. The molecule has 4 N–H and O–H groups in total. The van der Waals surface area contributed by atoms with Gasteiger partial charge >= 0.3 is 12.0 Å². The summed E-state index contributed by atoms with van der Waals surface area (Å²) in [6.07, 6.45) is 3.95. The molecule has 0 heterocycles. The first-order valence-electron chi connectivity index (χ1n) is 4.70. The van der Waals surface area contributed by atoms with Crippen molar-refractivity contribution in [3.8, 4) is 0 Å². The SMILES string of the molecule is O=C(NCC(O)C(=O)O)NC1CC=CC1. The van der Waals surface area contributed by atoms with E-state index in [2.05, 4.69) is 10.6 Å². The van der Waals surface area contributed by atoms with Gasteiger partial charge in [-0.05, 0) is 12.8 Å². The van der Waals surface area contributed by atoms with E-state index in [9.17, 15) is 9.59 Å². The van der Waals surface area contributed by atoms with Crippen LogP contribution >= 0.6 is 0 Å². The maximum Gasteiger partial charge on any atom is 0.334 e. The van der Waals surface area contributed by atoms with E-state index in [0.29, 0.717) is 0 Å². The number of hydrogen-bond donors (Lipinski definition) is 4. The zero-order chi connectivity index (χ0) is 11.3. The van der Waals surface area contributed by atoms with Crippen LogP contribution in [-0.4, -0.2) is 40.9 Å². The van der Waals surface area contributed by atoms with Gasteiger partial charge in [0.05, 0.1) is 6.54 Å². The average Bonchev–Trinajstić information content (AvgIpc) is 2.66. The molecule has 0 aromatic heterocycles. The lowest BCUT2D eigenvalue weighted by Gasteiger charge is -2.13. The quantitative estimate of drug-likeness (QED) is 0.472. The zero-order valence-corrected chi connectivity index (χ0v) is 8.14. The van der Waals surface area contributed by atoms with E-state index in [1.54, 1.807) is 0 Å². The Hall–Kier alpha value is -1.56. The summed E-state index contributed by atoms with van der Waals surface area (Å²) >= 11 is 0. The van der Waals surface area contributed by atoms with Crippen LogP contribution in [0.4, 0.5) is 4.79 Å². The molecule has 2 amide bonds. The Labute approximate surface area is 87.0 Å². The largest absolute Gasteiger partial charge is 0.479 e. The fourth-order valence-electron chi connectivity index (χ4n) is 1.25. The highest BCUT2D eigenvalue weighted by Gasteiger charge is 2.16. The number of carbonyl (C=O) groups excluding carboxylic acids is 1. The van der Waals surface area contributed by atoms with Crippen molar-refractivity contribution in [2.24, 2.45) is 0 Å². The van der Waals surface area contributed by atoms with Gasteiger partial charge in [-0.25, -0.2) is 9.59 Å². The highest BCUT2D eigenvalue weighted by Crippen LogP contribution is 2.08. The molecule has 1 unspecified atom stereocenters. The fraction of sp³-hybridized carbons (Fsp3) is 0.556. The second-order valence-electron chi connectivity index (χ2n) is 3.35. The van der Waals surface area contributed by atoms with Crippen molar-refractivity contribution in [2.75, 3.05) is 6.54 Å². The van der Waals surface area contributed by atoms with Crippen molar-refractivity contribution in [1.82, 2.24) is 10.6 Å². The lowest BCUT2D eigenvalue weighted by atomic mass is 10.2. The number of amides is 2. The van der Waals surface area contributed by atoms with Crippen molar-refractivity contribution in [3.63, 3.8) is 0 Å². The van der Waals surface area contributed by atoms with Gasteiger partial charge in [0.15, 0.2) is 6.10 Å². The highest BCUT2D eigenvalue weighted by molar-refractivity contribution is 5.76. The molecule has 0 radical (unpaired) electrons. The first-order chi connectivity index (χ1) is 7.09. The summed E-state index contributed by atoms with van der Waals surface area (Å²) in [4.78, 5) is 21.4. The molecule has 6 heteroatoms. The normalized spacial score (nSPS) is 17.4. The number of aliphatic hydroxyl groups is 1. The molecule has 1 atom stereocenters. The molecule has 0 aromatic carbocycles. The minimum Gasteiger partial charge on any atom is -0.479 e. The number of carboxylic acid groups (broad SMARTS) is 1. The van der Waals surface area contributed by atoms with Crippen molar-refractivity contribution in [2.45, 2.75) is 25.0 Å². The lowest BCUT2D eigenvalue weighted by Crippen LogP contribution is -2.45. The van der Waals surface area contributed by atoms with Crippen LogP contribution < -0.4 is 10.6 Å². The van der Waals surface area contributed by atoms with Gasteiger partial charge in [0.1, 0.15) is 0 Å². The Morgan fingerprint density at radius 2 is 2.00 bits per heavy atom. The Kier molecular flexibility index (Phi) is 4.11. The molecule has 0 spiro atoms. The van der Waals surface area contributed by atoms with Crippen LogP contribution in [0.25, 0.3) is 0 Å². The van der Waals surface area contributed by atoms with E-state index in [-0.39, 0.29) is 12.6 Å². The topological polar surface area (TPSA) is 98.7 Å². The van der Waals surface area contributed by atoms with Gasteiger partial charge in [0.2, 0.25) is 0 Å². The van der Waals surface area contributed by atoms with Crippen LogP contribution in [0.15, 0.2) is 12.2 Å². The van der Waals surface area contributed by atoms with Gasteiger partial charge in [0, 0.05) is 6.04 Å². The summed E-state index contributed by atoms with van der Waals surface area (Å²) in [7, 11) is 0. The maximum atomic E-state index is 11.2. The lowest BCUT2D eigenvalue weighted by molar-refractivity contribution is -0.146. The van der Waals surface area contributed by atoms with Gasteiger partial charge < -0.3 is 20.8 Å². The molecule has 0 saturated carbocycles. The van der Waals surface area contributed by atoms with Gasteiger partial charge in [-0.15, -0.1) is 0 Å². The van der Waals surface area contributed by atoms with Crippen LogP contribution in [0.2, 0.25) is 0 Å². The monoisotopic (exact) mass is 214 g/mol. The number of rotatable bonds is 4. The molecule has 0 bridgehead atoms. The Morgan fingerprint density at radius 3 is 2.53 bits per heavy atom. The van der Waals surface area contributed by atoms with E-state index >= 15 is 0 Å². The highest BCUT2D eigenvalue weighted by atomic mass is 16.4. The van der Waals surface area contributed by atoms with E-state index in [1.807, 2.05) is 12.2 Å². The van der Waals surface area contributed by atoms with E-state index in [0.717, 1.165) is 12.8 Å². The number of aliphatic carboxylic acids is 1. The number of urea groups is 1. The summed E-state index contributed by atoms with van der Waals surface area (Å²) in [6, 6.07) is -0.379. The number of carbonyl (C=O) groups is 2. The van der Waals surface area contributed by atoms with Crippen molar-refractivity contribution >= 4 is 12.0 Å². The molecule has 1 aliphatic rings. The van der Waals surface area contributed by atoms with E-state index < -0.39 is 18.1 Å². The van der Waals surface area contributed by atoms with Gasteiger partial charge in [0.25, 0.3) is 0 Å². The molecule has 0 aromatic rings. The number of nitrogens with one attached hydrogen (secondary N) is 2. The second kappa shape index (κ2) is 5.35. The Balaban J connectivity index is 2.16. The average molecular weight is 214 g/mol. The standard InChI is InChI=1S/C9H14N2O4/c12-7(8(13)14)5-10-9(15)11-6-3-1-2-4-6/h1-2,6-7,12H,3-5H2,(H,13,14)(H2,10,11,15). The zero-order valence-electron chi connectivity index (χ0n) is 8.14. The first-order valence-corrected chi connectivity index (χ1v) is 4.70. The molecule has 0 saturated heterocycles. The van der Waals surface area contributed by atoms with Crippen molar-refractivity contribution in [1.29, 1.82) is 0 Å². The molecule has 1 rings (SSSR count). The van der Waals surface area contributed by atoms with E-state index in [4.69, 9.17) is 10.2 Å². The van der Waals surface area contributed by atoms with Gasteiger partial charge in [-0.3, -0.25) is 0 Å². The summed E-state index contributed by atoms with van der Waals surface area (Å²) < 4.78 is 0. The molecule has 0 fully saturated rings. The molecular formula is C9H14N2O4. The minimum atomic E-state index is -1.56. The number of hydrogen-bond acceptors (Lipinski definition) is 3. The smallest absolute Gasteiger partial charge is 0.334 e. The van der Waals surface area contributed by atoms with Crippen molar-refractivity contribution in [3.05, 3.63) is 12.2 Å². The molecule has 6 nitrogen and oxygen atoms in total. The summed E-state index contributed by atoms with van der Waals surface area (Å²) in [5, 5.41) is 22.2. The number of carboxylic acids is 1. The van der Waals surface area contributed by atoms with Gasteiger partial charge in [-0.1, -0.05) is 12.2 Å². The van der Waals surface area contributed by atoms with Crippen LogP contribution in [0.3, 0.4) is 0 Å². The predicted molar refractivity (Wildman–Crippen MR) is 52.3 cm³/mol. The third-order valence-corrected chi connectivity index (χ3v) is 2.08. The number of aliphatic hydroxyl groups excluding tert-OH is 1. The first kappa shape index (κ1) is 11.5. The van der Waals surface area contributed by atoms with Crippen LogP contribution in [0, 0.1) is 0 Å². The third kappa shape index (κ3) is 3.99. The molecule has 84 valence electrons.